The second-order valence-electron chi connectivity index (χ2n) is 10.9. The van der Waals surface area contributed by atoms with Crippen molar-refractivity contribution in [2.45, 2.75) is 66.0 Å². The highest BCUT2D eigenvalue weighted by atomic mass is 35.5. The number of hydrogen-bond donors (Lipinski definition) is 0. The van der Waals surface area contributed by atoms with Gasteiger partial charge in [0.05, 0.1) is 11.7 Å². The van der Waals surface area contributed by atoms with E-state index in [1.54, 1.807) is 24.1 Å². The molecule has 8 heteroatoms. The molecule has 210 valence electrons. The van der Waals surface area contributed by atoms with Crippen LogP contribution in [0.25, 0.3) is 22.3 Å². The van der Waals surface area contributed by atoms with E-state index in [0.29, 0.717) is 34.0 Å². The molecule has 0 bridgehead atoms. The maximum Gasteiger partial charge on any atom is 0.273 e. The fraction of sp³-hybridized carbons (Fsp3) is 0.438. The molecule has 5 rings (SSSR count). The number of carbonyl (C=O) groups is 1. The molecule has 0 saturated carbocycles. The third kappa shape index (κ3) is 6.21. The summed E-state index contributed by atoms with van der Waals surface area (Å²) in [6, 6.07) is 11.9. The van der Waals surface area contributed by atoms with Crippen LogP contribution >= 0.6 is 11.6 Å². The smallest absolute Gasteiger partial charge is 0.273 e. The van der Waals surface area contributed by atoms with Crippen LogP contribution in [0.4, 0.5) is 0 Å². The lowest BCUT2D eigenvalue weighted by Crippen LogP contribution is -2.27. The fourth-order valence-electron chi connectivity index (χ4n) is 5.63. The molecule has 1 aliphatic rings. The van der Waals surface area contributed by atoms with Crippen molar-refractivity contribution >= 4 is 28.4 Å². The summed E-state index contributed by atoms with van der Waals surface area (Å²) in [5, 5.41) is 5.62. The van der Waals surface area contributed by atoms with Gasteiger partial charge in [-0.25, -0.2) is 9.97 Å². The maximum atomic E-state index is 13.8. The van der Waals surface area contributed by atoms with E-state index in [4.69, 9.17) is 21.6 Å². The molecule has 0 unspecified atom stereocenters. The molecular formula is C32H39ClN6O. The Morgan fingerprint density at radius 1 is 1.02 bits per heavy atom. The first-order valence-electron chi connectivity index (χ1n) is 14.4. The van der Waals surface area contributed by atoms with Gasteiger partial charge in [0, 0.05) is 47.4 Å². The summed E-state index contributed by atoms with van der Waals surface area (Å²) in [6.45, 7) is 11.2. The van der Waals surface area contributed by atoms with Gasteiger partial charge in [-0.05, 0) is 108 Å². The second-order valence-corrected chi connectivity index (χ2v) is 11.4. The minimum atomic E-state index is -0.175. The van der Waals surface area contributed by atoms with E-state index < -0.39 is 0 Å². The predicted octanol–water partition coefficient (Wildman–Crippen LogP) is 6.47. The van der Waals surface area contributed by atoms with Crippen LogP contribution in [0.3, 0.4) is 0 Å². The zero-order valence-corrected chi connectivity index (χ0v) is 24.8. The lowest BCUT2D eigenvalue weighted by Gasteiger charge is -2.18. The molecule has 0 radical (unpaired) electrons. The quantitative estimate of drug-likeness (QED) is 0.209. The van der Waals surface area contributed by atoms with Gasteiger partial charge in [-0.2, -0.15) is 5.10 Å². The lowest BCUT2D eigenvalue weighted by atomic mass is 9.99. The summed E-state index contributed by atoms with van der Waals surface area (Å²) in [5.74, 6) is 0.371. The standard InChI is InChI=1S/C32H39ClN6O/c1-5-39-23(3)26(20-34-39)21-37(4)32(40)30-28-19-27(33)13-14-29(28)35-31(36-30)25-12-11-24(22(2)18-25)10-6-7-15-38-16-8-9-17-38/h11-14,18-20H,5-10,15-17,21H2,1-4H3. The van der Waals surface area contributed by atoms with Gasteiger partial charge < -0.3 is 9.80 Å². The van der Waals surface area contributed by atoms with Crippen molar-refractivity contribution in [2.75, 3.05) is 26.7 Å². The minimum Gasteiger partial charge on any atom is -0.336 e. The molecule has 1 aliphatic heterocycles. The Labute approximate surface area is 242 Å². The summed E-state index contributed by atoms with van der Waals surface area (Å²) in [4.78, 5) is 27.7. The Balaban J connectivity index is 1.38. The van der Waals surface area contributed by atoms with Crippen LogP contribution in [-0.4, -0.2) is 62.1 Å². The van der Waals surface area contributed by atoms with E-state index in [1.807, 2.05) is 23.9 Å². The number of rotatable bonds is 10. The van der Waals surface area contributed by atoms with E-state index in [9.17, 15) is 4.79 Å². The molecule has 1 amide bonds. The van der Waals surface area contributed by atoms with Crippen molar-refractivity contribution in [3.8, 4) is 11.4 Å². The maximum absolute atomic E-state index is 13.8. The number of hydrogen-bond acceptors (Lipinski definition) is 5. The van der Waals surface area contributed by atoms with Crippen molar-refractivity contribution in [1.29, 1.82) is 0 Å². The monoisotopic (exact) mass is 558 g/mol. The molecule has 1 fully saturated rings. The SMILES string of the molecule is CCn1ncc(CN(C)C(=O)c2nc(-c3ccc(CCCCN4CCCC4)c(C)c3)nc3ccc(Cl)cc23)c1C. The van der Waals surface area contributed by atoms with Crippen molar-refractivity contribution in [3.05, 3.63) is 75.7 Å². The van der Waals surface area contributed by atoms with Gasteiger partial charge in [-0.15, -0.1) is 0 Å². The molecule has 0 spiro atoms. The molecule has 0 N–H and O–H groups in total. The van der Waals surface area contributed by atoms with E-state index in [0.717, 1.165) is 29.8 Å². The first-order valence-corrected chi connectivity index (χ1v) is 14.8. The Kier molecular flexibility index (Phi) is 8.81. The first-order chi connectivity index (χ1) is 19.3. The number of aromatic nitrogens is 4. The summed E-state index contributed by atoms with van der Waals surface area (Å²) < 4.78 is 1.94. The van der Waals surface area contributed by atoms with Gasteiger partial charge in [0.25, 0.3) is 5.91 Å². The summed E-state index contributed by atoms with van der Waals surface area (Å²) in [5.41, 5.74) is 6.63. The largest absolute Gasteiger partial charge is 0.336 e. The first kappa shape index (κ1) is 28.2. The Hall–Kier alpha value is -3.29. The van der Waals surface area contributed by atoms with E-state index in [2.05, 4.69) is 42.0 Å². The highest BCUT2D eigenvalue weighted by Crippen LogP contribution is 2.27. The average molecular weight is 559 g/mol. The molecular weight excluding hydrogens is 520 g/mol. The van der Waals surface area contributed by atoms with Crippen molar-refractivity contribution in [2.24, 2.45) is 0 Å². The van der Waals surface area contributed by atoms with Gasteiger partial charge in [-0.1, -0.05) is 23.7 Å². The van der Waals surface area contributed by atoms with E-state index in [-0.39, 0.29) is 5.91 Å². The van der Waals surface area contributed by atoms with Crippen molar-refractivity contribution < 1.29 is 4.79 Å². The molecule has 2 aromatic heterocycles. The van der Waals surface area contributed by atoms with E-state index >= 15 is 0 Å². The normalized spacial score (nSPS) is 13.8. The fourth-order valence-corrected chi connectivity index (χ4v) is 5.80. The number of fused-ring (bicyclic) bond motifs is 1. The zero-order valence-electron chi connectivity index (χ0n) is 24.1. The molecule has 1 saturated heterocycles. The number of unbranched alkanes of at least 4 members (excludes halogenated alkanes) is 1. The third-order valence-electron chi connectivity index (χ3n) is 8.09. The van der Waals surface area contributed by atoms with Crippen LogP contribution in [0.5, 0.6) is 0 Å². The Morgan fingerprint density at radius 2 is 1.82 bits per heavy atom. The third-order valence-corrected chi connectivity index (χ3v) is 8.32. The molecule has 0 aliphatic carbocycles. The summed E-state index contributed by atoms with van der Waals surface area (Å²) in [7, 11) is 1.80. The Morgan fingerprint density at radius 3 is 2.55 bits per heavy atom. The molecule has 40 heavy (non-hydrogen) atoms. The minimum absolute atomic E-state index is 0.175. The number of aryl methyl sites for hydroxylation is 3. The molecule has 7 nitrogen and oxygen atoms in total. The summed E-state index contributed by atoms with van der Waals surface area (Å²) >= 11 is 6.33. The van der Waals surface area contributed by atoms with Crippen LogP contribution in [0.15, 0.2) is 42.6 Å². The van der Waals surface area contributed by atoms with Crippen LogP contribution in [-0.2, 0) is 19.5 Å². The van der Waals surface area contributed by atoms with Gasteiger partial charge in [0.2, 0.25) is 0 Å². The molecule has 2 aromatic carbocycles. The van der Waals surface area contributed by atoms with Crippen LogP contribution in [0.2, 0.25) is 5.02 Å². The topological polar surface area (TPSA) is 67.2 Å². The molecule has 3 heterocycles. The number of amides is 1. The number of halogens is 1. The van der Waals surface area contributed by atoms with Crippen LogP contribution < -0.4 is 0 Å². The number of nitrogens with zero attached hydrogens (tertiary/aromatic N) is 6. The van der Waals surface area contributed by atoms with Crippen LogP contribution in [0.1, 0.15) is 65.5 Å². The van der Waals surface area contributed by atoms with Crippen molar-refractivity contribution in [3.63, 3.8) is 0 Å². The zero-order chi connectivity index (χ0) is 28.2. The van der Waals surface area contributed by atoms with Gasteiger partial charge in [0.1, 0.15) is 5.69 Å². The van der Waals surface area contributed by atoms with Gasteiger partial charge in [-0.3, -0.25) is 9.48 Å². The van der Waals surface area contributed by atoms with Gasteiger partial charge >= 0.3 is 0 Å². The average Bonchev–Trinajstić information content (AvgIpc) is 3.60. The predicted molar refractivity (Wildman–Crippen MR) is 162 cm³/mol. The number of likely N-dealkylation sites (tertiary alicyclic amines) is 1. The highest BCUT2D eigenvalue weighted by molar-refractivity contribution is 6.31. The second kappa shape index (κ2) is 12.5. The van der Waals surface area contributed by atoms with Crippen molar-refractivity contribution in [1.82, 2.24) is 29.5 Å². The van der Waals surface area contributed by atoms with Gasteiger partial charge in [0.15, 0.2) is 5.82 Å². The molecule has 4 aromatic rings. The number of benzene rings is 2. The lowest BCUT2D eigenvalue weighted by molar-refractivity contribution is 0.0781. The summed E-state index contributed by atoms with van der Waals surface area (Å²) in [6.07, 6.45) is 8.01. The number of carbonyl (C=O) groups excluding carboxylic acids is 1. The molecule has 0 atom stereocenters. The van der Waals surface area contributed by atoms with Crippen LogP contribution in [0, 0.1) is 13.8 Å². The Bertz CT molecular complexity index is 1510. The van der Waals surface area contributed by atoms with E-state index in [1.165, 1.54) is 56.4 Å². The highest BCUT2D eigenvalue weighted by Gasteiger charge is 2.21.